The van der Waals surface area contributed by atoms with Crippen LogP contribution in [0.4, 0.5) is 13.2 Å². The first kappa shape index (κ1) is 14.9. The van der Waals surface area contributed by atoms with Crippen LogP contribution in [0.5, 0.6) is 0 Å². The van der Waals surface area contributed by atoms with Crippen LogP contribution in [0, 0.1) is 24.4 Å². The molecule has 0 saturated carbocycles. The van der Waals surface area contributed by atoms with Crippen molar-refractivity contribution < 1.29 is 13.2 Å². The van der Waals surface area contributed by atoms with E-state index in [-0.39, 0.29) is 21.7 Å². The lowest BCUT2D eigenvalue weighted by Gasteiger charge is -2.19. The molecule has 2 aromatic rings. The summed E-state index contributed by atoms with van der Waals surface area (Å²) in [5.74, 6) is -1.78. The molecule has 0 bridgehead atoms. The lowest BCUT2D eigenvalue weighted by Crippen LogP contribution is -2.20. The summed E-state index contributed by atoms with van der Waals surface area (Å²) in [5.41, 5.74) is 0.409. The molecule has 1 nitrogen and oxygen atoms in total. The van der Waals surface area contributed by atoms with Crippen molar-refractivity contribution in [3.05, 3.63) is 69.5 Å². The van der Waals surface area contributed by atoms with Crippen LogP contribution >= 0.6 is 11.6 Å². The smallest absolute Gasteiger partial charge is 0.146 e. The van der Waals surface area contributed by atoms with E-state index in [1.54, 1.807) is 13.1 Å². The summed E-state index contributed by atoms with van der Waals surface area (Å²) in [6.07, 6.45) is 0. The molecule has 0 aliphatic heterocycles. The van der Waals surface area contributed by atoms with Gasteiger partial charge in [-0.25, -0.2) is 13.2 Å². The SMILES string of the molecule is CNC(c1cc(F)c(C)cc1F)c1cccc(Cl)c1F. The third kappa shape index (κ3) is 2.67. The second-order valence-electron chi connectivity index (χ2n) is 4.49. The minimum Gasteiger partial charge on any atom is -0.309 e. The van der Waals surface area contributed by atoms with Crippen LogP contribution in [-0.4, -0.2) is 7.05 Å². The van der Waals surface area contributed by atoms with Gasteiger partial charge in [0.25, 0.3) is 0 Å². The van der Waals surface area contributed by atoms with Crippen LogP contribution < -0.4 is 5.32 Å². The fourth-order valence-corrected chi connectivity index (χ4v) is 2.29. The Bertz CT molecular complexity index is 643. The van der Waals surface area contributed by atoms with Crippen LogP contribution in [0.25, 0.3) is 0 Å². The Kier molecular flexibility index (Phi) is 4.35. The standard InChI is InChI=1S/C15H13ClF3N/c1-8-6-13(18)10(7-12(8)17)15(20-2)9-4-3-5-11(16)14(9)19/h3-7,15,20H,1-2H3. The summed E-state index contributed by atoms with van der Waals surface area (Å²) in [6.45, 7) is 1.47. The highest BCUT2D eigenvalue weighted by Crippen LogP contribution is 2.30. The van der Waals surface area contributed by atoms with E-state index < -0.39 is 23.5 Å². The van der Waals surface area contributed by atoms with E-state index in [4.69, 9.17) is 11.6 Å². The minimum absolute atomic E-state index is 0.0387. The molecule has 0 saturated heterocycles. The Morgan fingerprint density at radius 2 is 1.75 bits per heavy atom. The van der Waals surface area contributed by atoms with Gasteiger partial charge in [-0.2, -0.15) is 0 Å². The van der Waals surface area contributed by atoms with Gasteiger partial charge in [0, 0.05) is 11.1 Å². The van der Waals surface area contributed by atoms with Gasteiger partial charge in [0.05, 0.1) is 11.1 Å². The summed E-state index contributed by atoms with van der Waals surface area (Å²) in [5, 5.41) is 2.73. The van der Waals surface area contributed by atoms with Gasteiger partial charge in [0.2, 0.25) is 0 Å². The molecule has 1 unspecified atom stereocenters. The van der Waals surface area contributed by atoms with Crippen LogP contribution in [0.15, 0.2) is 30.3 Å². The Morgan fingerprint density at radius 1 is 1.05 bits per heavy atom. The zero-order chi connectivity index (χ0) is 14.9. The number of halogens is 4. The Balaban J connectivity index is 2.58. The van der Waals surface area contributed by atoms with Crippen molar-refractivity contribution in [2.24, 2.45) is 0 Å². The quantitative estimate of drug-likeness (QED) is 0.887. The van der Waals surface area contributed by atoms with E-state index in [0.29, 0.717) is 0 Å². The number of aryl methyl sites for hydroxylation is 1. The van der Waals surface area contributed by atoms with Crippen molar-refractivity contribution in [2.75, 3.05) is 7.05 Å². The van der Waals surface area contributed by atoms with Crippen LogP contribution in [0.1, 0.15) is 22.7 Å². The molecule has 0 heterocycles. The van der Waals surface area contributed by atoms with Gasteiger partial charge in [-0.3, -0.25) is 0 Å². The number of nitrogens with one attached hydrogen (secondary N) is 1. The van der Waals surface area contributed by atoms with Gasteiger partial charge in [-0.15, -0.1) is 0 Å². The van der Waals surface area contributed by atoms with Gasteiger partial charge in [0.15, 0.2) is 0 Å². The average molecular weight is 300 g/mol. The molecule has 20 heavy (non-hydrogen) atoms. The van der Waals surface area contributed by atoms with Crippen molar-refractivity contribution in [2.45, 2.75) is 13.0 Å². The molecule has 1 atom stereocenters. The predicted octanol–water partition coefficient (Wildman–Crippen LogP) is 4.37. The van der Waals surface area contributed by atoms with E-state index in [2.05, 4.69) is 5.32 Å². The summed E-state index contributed by atoms with van der Waals surface area (Å²) in [7, 11) is 1.54. The molecule has 0 amide bonds. The first-order chi connectivity index (χ1) is 9.45. The van der Waals surface area contributed by atoms with E-state index in [1.807, 2.05) is 0 Å². The third-order valence-corrected chi connectivity index (χ3v) is 3.46. The van der Waals surface area contributed by atoms with Crippen LogP contribution in [-0.2, 0) is 0 Å². The van der Waals surface area contributed by atoms with Crippen molar-refractivity contribution in [3.8, 4) is 0 Å². The number of rotatable bonds is 3. The van der Waals surface area contributed by atoms with Gasteiger partial charge >= 0.3 is 0 Å². The molecule has 0 aromatic heterocycles. The van der Waals surface area contributed by atoms with E-state index in [1.165, 1.54) is 19.1 Å². The minimum atomic E-state index is -0.816. The predicted molar refractivity (Wildman–Crippen MR) is 73.4 cm³/mol. The summed E-state index contributed by atoms with van der Waals surface area (Å²) < 4.78 is 41.7. The molecule has 106 valence electrons. The molecule has 0 aliphatic rings. The van der Waals surface area contributed by atoms with E-state index >= 15 is 0 Å². The molecule has 1 N–H and O–H groups in total. The molecule has 0 aliphatic carbocycles. The fraction of sp³-hybridized carbons (Fsp3) is 0.200. The zero-order valence-corrected chi connectivity index (χ0v) is 11.7. The second-order valence-corrected chi connectivity index (χ2v) is 4.89. The molecular weight excluding hydrogens is 287 g/mol. The van der Waals surface area contributed by atoms with Crippen molar-refractivity contribution in [3.63, 3.8) is 0 Å². The molecule has 5 heteroatoms. The van der Waals surface area contributed by atoms with Gasteiger partial charge in [0.1, 0.15) is 17.5 Å². The molecule has 0 spiro atoms. The van der Waals surface area contributed by atoms with Crippen molar-refractivity contribution in [1.29, 1.82) is 0 Å². The first-order valence-electron chi connectivity index (χ1n) is 6.02. The second kappa shape index (κ2) is 5.85. The fourth-order valence-electron chi connectivity index (χ4n) is 2.10. The van der Waals surface area contributed by atoms with Crippen molar-refractivity contribution >= 4 is 11.6 Å². The maximum absolute atomic E-state index is 14.0. The lowest BCUT2D eigenvalue weighted by molar-refractivity contribution is 0.535. The maximum atomic E-state index is 14.0. The summed E-state index contributed by atoms with van der Waals surface area (Å²) in [6, 6.07) is 5.81. The monoisotopic (exact) mass is 299 g/mol. The number of hydrogen-bond acceptors (Lipinski definition) is 1. The summed E-state index contributed by atoms with van der Waals surface area (Å²) >= 11 is 5.73. The maximum Gasteiger partial charge on any atom is 0.146 e. The highest BCUT2D eigenvalue weighted by molar-refractivity contribution is 6.30. The van der Waals surface area contributed by atoms with Crippen LogP contribution in [0.2, 0.25) is 5.02 Å². The highest BCUT2D eigenvalue weighted by Gasteiger charge is 2.22. The van der Waals surface area contributed by atoms with E-state index in [9.17, 15) is 13.2 Å². The average Bonchev–Trinajstić information content (AvgIpc) is 2.41. The van der Waals surface area contributed by atoms with Crippen molar-refractivity contribution in [1.82, 2.24) is 5.32 Å². The third-order valence-electron chi connectivity index (χ3n) is 3.17. The summed E-state index contributed by atoms with van der Waals surface area (Å²) in [4.78, 5) is 0. The molecule has 2 rings (SSSR count). The molecule has 2 aromatic carbocycles. The number of benzene rings is 2. The first-order valence-corrected chi connectivity index (χ1v) is 6.40. The molecule has 0 fully saturated rings. The zero-order valence-electron chi connectivity index (χ0n) is 11.0. The Labute approximate surface area is 120 Å². The van der Waals surface area contributed by atoms with Gasteiger partial charge in [-0.05, 0) is 37.7 Å². The number of hydrogen-bond donors (Lipinski definition) is 1. The van der Waals surface area contributed by atoms with Crippen LogP contribution in [0.3, 0.4) is 0 Å². The van der Waals surface area contributed by atoms with Gasteiger partial charge in [-0.1, -0.05) is 23.7 Å². The van der Waals surface area contributed by atoms with E-state index in [0.717, 1.165) is 12.1 Å². The highest BCUT2D eigenvalue weighted by atomic mass is 35.5. The van der Waals surface area contributed by atoms with Gasteiger partial charge < -0.3 is 5.32 Å². The normalized spacial score (nSPS) is 12.5. The largest absolute Gasteiger partial charge is 0.309 e. The topological polar surface area (TPSA) is 12.0 Å². The Morgan fingerprint density at radius 3 is 2.40 bits per heavy atom. The molecule has 0 radical (unpaired) electrons. The molecular formula is C15H13ClF3N. The Hall–Kier alpha value is -1.52. The lowest BCUT2D eigenvalue weighted by atomic mass is 9.96.